The highest BCUT2D eigenvalue weighted by Gasteiger charge is 2.49. The Morgan fingerprint density at radius 2 is 1.74 bits per heavy atom. The average molecular weight is 556 g/mol. The summed E-state index contributed by atoms with van der Waals surface area (Å²) in [6.45, 7) is 6.14. The first-order chi connectivity index (χ1) is 18.5. The van der Waals surface area contributed by atoms with Crippen molar-refractivity contribution in [3.8, 4) is 0 Å². The molecule has 0 aliphatic carbocycles. The molecule has 0 saturated carbocycles. The summed E-state index contributed by atoms with van der Waals surface area (Å²) in [5.41, 5.74) is 13.0. The zero-order valence-electron chi connectivity index (χ0n) is 23.0. The first-order valence-corrected chi connectivity index (χ1v) is 13.5. The Kier molecular flexibility index (Phi) is 10.1. The third-order valence-corrected chi connectivity index (χ3v) is 7.13. The second-order valence-electron chi connectivity index (χ2n) is 10.4. The van der Waals surface area contributed by atoms with Crippen LogP contribution in [0, 0.1) is 5.92 Å². The predicted octanol–water partition coefficient (Wildman–Crippen LogP) is 4.07. The molecule has 0 saturated heterocycles. The van der Waals surface area contributed by atoms with Gasteiger partial charge in [0.2, 0.25) is 5.91 Å². The number of nitrogens with zero attached hydrogens (tertiary/aromatic N) is 3. The van der Waals surface area contributed by atoms with Crippen LogP contribution in [0.3, 0.4) is 0 Å². The third kappa shape index (κ3) is 6.96. The molecule has 0 bridgehead atoms. The quantitative estimate of drug-likeness (QED) is 0.429. The highest BCUT2D eigenvalue weighted by atomic mass is 35.5. The van der Waals surface area contributed by atoms with Crippen molar-refractivity contribution in [2.24, 2.45) is 22.4 Å². The van der Waals surface area contributed by atoms with Gasteiger partial charge in [-0.3, -0.25) is 14.5 Å². The number of hydrogen-bond donors (Lipinski definition) is 2. The van der Waals surface area contributed by atoms with Gasteiger partial charge in [0.05, 0.1) is 13.2 Å². The maximum atomic E-state index is 13.7. The molecule has 1 aliphatic rings. The van der Waals surface area contributed by atoms with Gasteiger partial charge in [-0.15, -0.1) is 0 Å². The first kappa shape index (κ1) is 30.1. The highest BCUT2D eigenvalue weighted by molar-refractivity contribution is 6.30. The number of nitrogens with two attached hydrogens (primary N) is 2. The lowest BCUT2D eigenvalue weighted by atomic mass is 9.82. The standard InChI is InChI=1S/C29H38ClN5O4/c1-19(2)18-29(22-10-6-5-7-11-22)26(37)34(27(32)33-29)16-8-9-20(3)35(28(38)39-4)25(36)24(31)17-21-12-14-23(30)15-13-21/h5-7,10-15,19-20,24H,8-9,16-18,31H2,1-4H3,(H2,32,33)/t20-,24-,29+/m0/s1. The molecule has 3 amide bonds. The van der Waals surface area contributed by atoms with Crippen molar-refractivity contribution in [3.05, 3.63) is 70.7 Å². The van der Waals surface area contributed by atoms with E-state index in [-0.39, 0.29) is 24.2 Å². The minimum absolute atomic E-state index is 0.168. The van der Waals surface area contributed by atoms with E-state index in [2.05, 4.69) is 4.99 Å². The zero-order chi connectivity index (χ0) is 28.7. The molecular weight excluding hydrogens is 518 g/mol. The second-order valence-corrected chi connectivity index (χ2v) is 10.8. The number of benzene rings is 2. The lowest BCUT2D eigenvalue weighted by Gasteiger charge is -2.30. The Morgan fingerprint density at radius 3 is 2.33 bits per heavy atom. The van der Waals surface area contributed by atoms with E-state index in [0.29, 0.717) is 30.8 Å². The number of rotatable bonds is 11. The van der Waals surface area contributed by atoms with Gasteiger partial charge in [0.1, 0.15) is 0 Å². The fourth-order valence-electron chi connectivity index (χ4n) is 4.99. The zero-order valence-corrected chi connectivity index (χ0v) is 23.7. The molecule has 39 heavy (non-hydrogen) atoms. The molecule has 1 aliphatic heterocycles. The van der Waals surface area contributed by atoms with Crippen molar-refractivity contribution in [3.63, 3.8) is 0 Å². The van der Waals surface area contributed by atoms with Crippen LogP contribution in [0.25, 0.3) is 0 Å². The molecule has 4 N–H and O–H groups in total. The van der Waals surface area contributed by atoms with Gasteiger partial charge >= 0.3 is 6.09 Å². The molecule has 0 aromatic heterocycles. The smallest absolute Gasteiger partial charge is 0.416 e. The average Bonchev–Trinajstić information content (AvgIpc) is 3.14. The SMILES string of the molecule is COC(=O)N(C(=O)[C@@H](N)Cc1ccc(Cl)cc1)[C@@H](C)CCCN1C(=O)[C@@](CC(C)C)(c2ccccc2)N=C1N. The maximum Gasteiger partial charge on any atom is 0.416 e. The van der Waals surface area contributed by atoms with Crippen LogP contribution in [-0.2, 0) is 26.3 Å². The van der Waals surface area contributed by atoms with Crippen LogP contribution in [0.15, 0.2) is 59.6 Å². The molecule has 2 aromatic carbocycles. The molecule has 2 aromatic rings. The van der Waals surface area contributed by atoms with Gasteiger partial charge in [-0.2, -0.15) is 0 Å². The first-order valence-electron chi connectivity index (χ1n) is 13.1. The van der Waals surface area contributed by atoms with Gasteiger partial charge in [0, 0.05) is 17.6 Å². The van der Waals surface area contributed by atoms with Gasteiger partial charge in [-0.1, -0.05) is 67.9 Å². The topological polar surface area (TPSA) is 131 Å². The fourth-order valence-corrected chi connectivity index (χ4v) is 5.12. The van der Waals surface area contributed by atoms with Gasteiger partial charge in [-0.05, 0) is 61.8 Å². The van der Waals surface area contributed by atoms with E-state index < -0.39 is 29.6 Å². The van der Waals surface area contributed by atoms with Crippen molar-refractivity contribution >= 4 is 35.5 Å². The Hall–Kier alpha value is -3.43. The van der Waals surface area contributed by atoms with Crippen molar-refractivity contribution in [2.45, 2.75) is 64.1 Å². The molecule has 0 radical (unpaired) electrons. The molecule has 0 unspecified atom stereocenters. The largest absolute Gasteiger partial charge is 0.452 e. The lowest BCUT2D eigenvalue weighted by molar-refractivity contribution is -0.133. The second kappa shape index (κ2) is 13.1. The molecular formula is C29H38ClN5O4. The van der Waals surface area contributed by atoms with E-state index in [1.807, 2.05) is 44.2 Å². The summed E-state index contributed by atoms with van der Waals surface area (Å²) in [6.07, 6.45) is 0.872. The van der Waals surface area contributed by atoms with Gasteiger partial charge in [0.15, 0.2) is 11.5 Å². The van der Waals surface area contributed by atoms with E-state index in [0.717, 1.165) is 16.0 Å². The molecule has 9 nitrogen and oxygen atoms in total. The predicted molar refractivity (Wildman–Crippen MR) is 152 cm³/mol. The van der Waals surface area contributed by atoms with E-state index in [9.17, 15) is 14.4 Å². The molecule has 10 heteroatoms. The highest BCUT2D eigenvalue weighted by Crippen LogP contribution is 2.38. The number of amides is 3. The van der Waals surface area contributed by atoms with Crippen LogP contribution in [-0.4, -0.2) is 59.4 Å². The molecule has 3 atom stereocenters. The molecule has 1 heterocycles. The number of hydrogen-bond acceptors (Lipinski definition) is 7. The minimum Gasteiger partial charge on any atom is -0.452 e. The summed E-state index contributed by atoms with van der Waals surface area (Å²) in [4.78, 5) is 46.7. The Labute approximate surface area is 235 Å². The Balaban J connectivity index is 1.68. The molecule has 3 rings (SSSR count). The van der Waals surface area contributed by atoms with Gasteiger partial charge in [-0.25, -0.2) is 14.7 Å². The molecule has 0 fully saturated rings. The van der Waals surface area contributed by atoms with Crippen LogP contribution in [0.2, 0.25) is 5.02 Å². The summed E-state index contributed by atoms with van der Waals surface area (Å²) >= 11 is 5.94. The molecule has 0 spiro atoms. The Bertz CT molecular complexity index is 1190. The number of carbonyl (C=O) groups is 3. The maximum absolute atomic E-state index is 13.7. The third-order valence-electron chi connectivity index (χ3n) is 6.88. The number of aliphatic imine (C=N–C) groups is 1. The monoisotopic (exact) mass is 555 g/mol. The Morgan fingerprint density at radius 1 is 1.10 bits per heavy atom. The van der Waals surface area contributed by atoms with Crippen LogP contribution in [0.4, 0.5) is 4.79 Å². The van der Waals surface area contributed by atoms with Crippen molar-refractivity contribution in [1.29, 1.82) is 0 Å². The summed E-state index contributed by atoms with van der Waals surface area (Å²) in [7, 11) is 1.22. The summed E-state index contributed by atoms with van der Waals surface area (Å²) in [5, 5.41) is 0.579. The van der Waals surface area contributed by atoms with Crippen molar-refractivity contribution < 1.29 is 19.1 Å². The number of guanidine groups is 1. The number of carbonyl (C=O) groups excluding carboxylic acids is 3. The normalized spacial score (nSPS) is 18.6. The van der Waals surface area contributed by atoms with Crippen LogP contribution < -0.4 is 11.5 Å². The van der Waals surface area contributed by atoms with Crippen LogP contribution >= 0.6 is 11.6 Å². The van der Waals surface area contributed by atoms with E-state index in [1.165, 1.54) is 12.0 Å². The van der Waals surface area contributed by atoms with Gasteiger partial charge < -0.3 is 16.2 Å². The lowest BCUT2D eigenvalue weighted by Crippen LogP contribution is -2.51. The molecule has 210 valence electrons. The summed E-state index contributed by atoms with van der Waals surface area (Å²) in [6, 6.07) is 15.0. The van der Waals surface area contributed by atoms with Gasteiger partial charge in [0.25, 0.3) is 5.91 Å². The number of ether oxygens (including phenoxy) is 1. The van der Waals surface area contributed by atoms with E-state index >= 15 is 0 Å². The number of methoxy groups -OCH3 is 1. The van der Waals surface area contributed by atoms with Crippen LogP contribution in [0.1, 0.15) is 51.2 Å². The summed E-state index contributed by atoms with van der Waals surface area (Å²) in [5.74, 6) is -0.327. The number of imide groups is 1. The van der Waals surface area contributed by atoms with E-state index in [1.54, 1.807) is 31.2 Å². The minimum atomic E-state index is -1.06. The summed E-state index contributed by atoms with van der Waals surface area (Å²) < 4.78 is 4.89. The van der Waals surface area contributed by atoms with Crippen LogP contribution in [0.5, 0.6) is 0 Å². The van der Waals surface area contributed by atoms with E-state index in [4.69, 9.17) is 27.8 Å². The van der Waals surface area contributed by atoms with Crippen molar-refractivity contribution in [1.82, 2.24) is 9.80 Å². The fraction of sp³-hybridized carbons (Fsp3) is 0.448. The number of halogens is 1. The van der Waals surface area contributed by atoms with Crippen molar-refractivity contribution in [2.75, 3.05) is 13.7 Å².